The number of hydrogen-bond donors (Lipinski definition) is 1. The Bertz CT molecular complexity index is 415. The molecule has 0 bridgehead atoms. The molecule has 84 valence electrons. The SMILES string of the molecule is CN(C)c1nnc(C(C)(C)C)c(=O)n1N. The van der Waals surface area contributed by atoms with E-state index in [9.17, 15) is 4.79 Å². The lowest BCUT2D eigenvalue weighted by atomic mass is 9.93. The molecule has 0 amide bonds. The Labute approximate surface area is 88.7 Å². The molecule has 6 nitrogen and oxygen atoms in total. The highest BCUT2D eigenvalue weighted by atomic mass is 16.1. The number of hydrogen-bond acceptors (Lipinski definition) is 5. The van der Waals surface area contributed by atoms with E-state index in [2.05, 4.69) is 10.2 Å². The van der Waals surface area contributed by atoms with Crippen molar-refractivity contribution in [1.29, 1.82) is 0 Å². The molecule has 0 aromatic carbocycles. The highest BCUT2D eigenvalue weighted by Crippen LogP contribution is 2.15. The number of aromatic nitrogens is 3. The summed E-state index contributed by atoms with van der Waals surface area (Å²) in [4.78, 5) is 13.5. The molecule has 1 aromatic heterocycles. The van der Waals surface area contributed by atoms with Crippen LogP contribution in [0, 0.1) is 0 Å². The molecule has 0 radical (unpaired) electrons. The summed E-state index contributed by atoms with van der Waals surface area (Å²) in [5.41, 5.74) is -0.285. The summed E-state index contributed by atoms with van der Waals surface area (Å²) in [6, 6.07) is 0. The minimum Gasteiger partial charge on any atom is -0.346 e. The largest absolute Gasteiger partial charge is 0.346 e. The molecular formula is C9H17N5O. The summed E-state index contributed by atoms with van der Waals surface area (Å²) < 4.78 is 1.02. The first-order valence-electron chi connectivity index (χ1n) is 4.67. The smallest absolute Gasteiger partial charge is 0.295 e. The Hall–Kier alpha value is -1.59. The van der Waals surface area contributed by atoms with E-state index in [0.717, 1.165) is 4.68 Å². The van der Waals surface area contributed by atoms with Gasteiger partial charge >= 0.3 is 0 Å². The Morgan fingerprint density at radius 2 is 1.80 bits per heavy atom. The Morgan fingerprint density at radius 3 is 2.20 bits per heavy atom. The molecular weight excluding hydrogens is 194 g/mol. The molecule has 0 aliphatic heterocycles. The summed E-state index contributed by atoms with van der Waals surface area (Å²) >= 11 is 0. The van der Waals surface area contributed by atoms with Crippen LogP contribution in [-0.4, -0.2) is 29.0 Å². The van der Waals surface area contributed by atoms with Crippen molar-refractivity contribution in [3.05, 3.63) is 16.0 Å². The molecule has 6 heteroatoms. The van der Waals surface area contributed by atoms with E-state index in [4.69, 9.17) is 5.84 Å². The van der Waals surface area contributed by atoms with Gasteiger partial charge in [-0.05, 0) is 0 Å². The van der Waals surface area contributed by atoms with Gasteiger partial charge in [0, 0.05) is 19.5 Å². The van der Waals surface area contributed by atoms with Crippen LogP contribution in [0.15, 0.2) is 4.79 Å². The standard InChI is InChI=1S/C9H17N5O/c1-9(2,3)6-7(15)14(10)8(12-11-6)13(4)5/h10H2,1-5H3. The van der Waals surface area contributed by atoms with Gasteiger partial charge in [-0.2, -0.15) is 4.68 Å². The lowest BCUT2D eigenvalue weighted by molar-refractivity contribution is 0.536. The second-order valence-electron chi connectivity index (χ2n) is 4.67. The average Bonchev–Trinajstić information content (AvgIpc) is 2.06. The van der Waals surface area contributed by atoms with E-state index in [-0.39, 0.29) is 11.0 Å². The Morgan fingerprint density at radius 1 is 1.27 bits per heavy atom. The van der Waals surface area contributed by atoms with Gasteiger partial charge in [-0.1, -0.05) is 20.8 Å². The second kappa shape index (κ2) is 3.52. The molecule has 0 aliphatic carbocycles. The van der Waals surface area contributed by atoms with Crippen LogP contribution in [0.3, 0.4) is 0 Å². The molecule has 0 saturated heterocycles. The lowest BCUT2D eigenvalue weighted by Gasteiger charge is -2.19. The van der Waals surface area contributed by atoms with Crippen molar-refractivity contribution in [2.24, 2.45) is 0 Å². The van der Waals surface area contributed by atoms with E-state index < -0.39 is 0 Å². The van der Waals surface area contributed by atoms with Gasteiger partial charge in [0.25, 0.3) is 5.56 Å². The van der Waals surface area contributed by atoms with E-state index in [1.165, 1.54) is 0 Å². The zero-order chi connectivity index (χ0) is 11.8. The third-order valence-corrected chi connectivity index (χ3v) is 1.99. The lowest BCUT2D eigenvalue weighted by Crippen LogP contribution is -2.39. The molecule has 0 aliphatic rings. The van der Waals surface area contributed by atoms with Gasteiger partial charge in [0.05, 0.1) is 0 Å². The molecule has 15 heavy (non-hydrogen) atoms. The van der Waals surface area contributed by atoms with Gasteiger partial charge in [0.1, 0.15) is 5.69 Å². The Kier molecular flexibility index (Phi) is 2.70. The molecule has 0 spiro atoms. The summed E-state index contributed by atoms with van der Waals surface area (Å²) in [6.45, 7) is 5.69. The van der Waals surface area contributed by atoms with Gasteiger partial charge in [0.2, 0.25) is 5.95 Å². The van der Waals surface area contributed by atoms with Gasteiger partial charge in [0.15, 0.2) is 0 Å². The topological polar surface area (TPSA) is 77.0 Å². The molecule has 1 heterocycles. The summed E-state index contributed by atoms with van der Waals surface area (Å²) in [5.74, 6) is 5.98. The highest BCUT2D eigenvalue weighted by Gasteiger charge is 2.22. The summed E-state index contributed by atoms with van der Waals surface area (Å²) in [7, 11) is 3.51. The van der Waals surface area contributed by atoms with Gasteiger partial charge < -0.3 is 10.7 Å². The van der Waals surface area contributed by atoms with Crippen LogP contribution in [-0.2, 0) is 5.41 Å². The van der Waals surface area contributed by atoms with Gasteiger partial charge in [-0.25, -0.2) is 0 Å². The molecule has 0 saturated carbocycles. The predicted molar refractivity (Wildman–Crippen MR) is 59.5 cm³/mol. The van der Waals surface area contributed by atoms with E-state index in [1.807, 2.05) is 20.8 Å². The number of nitrogens with two attached hydrogens (primary N) is 1. The zero-order valence-corrected chi connectivity index (χ0v) is 9.77. The Balaban J connectivity index is 3.42. The van der Waals surface area contributed by atoms with Crippen LogP contribution in [0.5, 0.6) is 0 Å². The second-order valence-corrected chi connectivity index (χ2v) is 4.67. The van der Waals surface area contributed by atoms with Crippen molar-refractivity contribution < 1.29 is 0 Å². The third-order valence-electron chi connectivity index (χ3n) is 1.99. The normalized spacial score (nSPS) is 11.5. The maximum absolute atomic E-state index is 11.8. The predicted octanol–water partition coefficient (Wildman–Crippen LogP) is -0.284. The quantitative estimate of drug-likeness (QED) is 0.646. The first kappa shape index (κ1) is 11.5. The highest BCUT2D eigenvalue weighted by molar-refractivity contribution is 5.27. The van der Waals surface area contributed by atoms with Crippen molar-refractivity contribution in [2.45, 2.75) is 26.2 Å². The van der Waals surface area contributed by atoms with Crippen molar-refractivity contribution in [3.63, 3.8) is 0 Å². The fraction of sp³-hybridized carbons (Fsp3) is 0.667. The van der Waals surface area contributed by atoms with Crippen LogP contribution in [0.1, 0.15) is 26.5 Å². The molecule has 0 fully saturated rings. The van der Waals surface area contributed by atoms with Gasteiger partial charge in [-0.15, -0.1) is 10.2 Å². The number of anilines is 1. The van der Waals surface area contributed by atoms with Crippen molar-refractivity contribution in [3.8, 4) is 0 Å². The van der Waals surface area contributed by atoms with Crippen LogP contribution >= 0.6 is 0 Å². The fourth-order valence-electron chi connectivity index (χ4n) is 1.17. The van der Waals surface area contributed by atoms with Crippen molar-refractivity contribution >= 4 is 5.95 Å². The maximum Gasteiger partial charge on any atom is 0.295 e. The number of rotatable bonds is 1. The summed E-state index contributed by atoms with van der Waals surface area (Å²) in [6.07, 6.45) is 0. The van der Waals surface area contributed by atoms with Crippen LogP contribution in [0.4, 0.5) is 5.95 Å². The first-order chi connectivity index (χ1) is 6.75. The molecule has 0 atom stereocenters. The number of nitrogens with zero attached hydrogens (tertiary/aromatic N) is 4. The van der Waals surface area contributed by atoms with Gasteiger partial charge in [-0.3, -0.25) is 4.79 Å². The third kappa shape index (κ3) is 2.08. The van der Waals surface area contributed by atoms with Crippen LogP contribution < -0.4 is 16.3 Å². The fourth-order valence-corrected chi connectivity index (χ4v) is 1.17. The molecule has 0 unspecified atom stereocenters. The summed E-state index contributed by atoms with van der Waals surface area (Å²) in [5, 5.41) is 7.85. The molecule has 2 N–H and O–H groups in total. The van der Waals surface area contributed by atoms with Crippen LogP contribution in [0.25, 0.3) is 0 Å². The van der Waals surface area contributed by atoms with Crippen LogP contribution in [0.2, 0.25) is 0 Å². The van der Waals surface area contributed by atoms with E-state index >= 15 is 0 Å². The first-order valence-corrected chi connectivity index (χ1v) is 4.67. The van der Waals surface area contributed by atoms with E-state index in [0.29, 0.717) is 11.6 Å². The van der Waals surface area contributed by atoms with Crippen molar-refractivity contribution in [1.82, 2.24) is 14.9 Å². The molecule has 1 rings (SSSR count). The minimum atomic E-state index is -0.351. The average molecular weight is 211 g/mol. The molecule has 1 aromatic rings. The monoisotopic (exact) mass is 211 g/mol. The maximum atomic E-state index is 11.8. The van der Waals surface area contributed by atoms with E-state index in [1.54, 1.807) is 19.0 Å². The number of nitrogen functional groups attached to an aromatic ring is 1. The zero-order valence-electron chi connectivity index (χ0n) is 9.77. The minimum absolute atomic E-state index is 0.304. The van der Waals surface area contributed by atoms with Crippen molar-refractivity contribution in [2.75, 3.05) is 24.8 Å².